The third-order valence-electron chi connectivity index (χ3n) is 3.97. The lowest BCUT2D eigenvalue weighted by Crippen LogP contribution is -2.21. The lowest BCUT2D eigenvalue weighted by atomic mass is 10.1. The number of rotatable bonds is 5. The highest BCUT2D eigenvalue weighted by Gasteiger charge is 2.28. The molecule has 26 heavy (non-hydrogen) atoms. The largest absolute Gasteiger partial charge is 0.466 e. The van der Waals surface area contributed by atoms with Crippen LogP contribution in [0, 0.1) is 6.92 Å². The molecule has 0 aliphatic heterocycles. The molecular weight excluding hydrogens is 332 g/mol. The summed E-state index contributed by atoms with van der Waals surface area (Å²) in [5, 5.41) is 4.25. The van der Waals surface area contributed by atoms with Gasteiger partial charge in [-0.15, -0.1) is 0 Å². The Balaban J connectivity index is 1.87. The number of esters is 2. The second-order valence-electron chi connectivity index (χ2n) is 5.61. The van der Waals surface area contributed by atoms with Crippen molar-refractivity contribution in [3.05, 3.63) is 83.7 Å². The van der Waals surface area contributed by atoms with Gasteiger partial charge in [-0.3, -0.25) is 0 Å². The molecule has 0 aliphatic carbocycles. The minimum atomic E-state index is -1.13. The van der Waals surface area contributed by atoms with Gasteiger partial charge in [0, 0.05) is 5.56 Å². The van der Waals surface area contributed by atoms with Crippen molar-refractivity contribution in [2.75, 3.05) is 7.11 Å². The first kappa shape index (κ1) is 17.4. The van der Waals surface area contributed by atoms with Crippen LogP contribution in [-0.2, 0) is 14.3 Å². The molecule has 0 N–H and O–H groups in total. The van der Waals surface area contributed by atoms with Gasteiger partial charge in [-0.25, -0.2) is 14.3 Å². The molecule has 3 rings (SSSR count). The Bertz CT molecular complexity index is 904. The summed E-state index contributed by atoms with van der Waals surface area (Å²) in [6.07, 6.45) is 0.303. The molecular formula is C20H18N2O4. The van der Waals surface area contributed by atoms with Gasteiger partial charge in [-0.2, -0.15) is 5.10 Å². The Morgan fingerprint density at radius 2 is 1.62 bits per heavy atom. The molecule has 0 fully saturated rings. The number of hydrogen-bond donors (Lipinski definition) is 0. The molecule has 1 unspecified atom stereocenters. The van der Waals surface area contributed by atoms with E-state index in [1.54, 1.807) is 35.9 Å². The van der Waals surface area contributed by atoms with Gasteiger partial charge in [-0.05, 0) is 19.1 Å². The van der Waals surface area contributed by atoms with Crippen LogP contribution in [0.25, 0.3) is 5.69 Å². The Hall–Kier alpha value is -3.41. The van der Waals surface area contributed by atoms with Crippen molar-refractivity contribution in [2.45, 2.75) is 13.0 Å². The molecule has 3 aromatic rings. The minimum Gasteiger partial charge on any atom is -0.466 e. The quantitative estimate of drug-likeness (QED) is 0.661. The Morgan fingerprint density at radius 1 is 1.00 bits per heavy atom. The molecule has 1 aromatic heterocycles. The van der Waals surface area contributed by atoms with Crippen molar-refractivity contribution >= 4 is 11.9 Å². The second-order valence-corrected chi connectivity index (χ2v) is 5.61. The summed E-state index contributed by atoms with van der Waals surface area (Å²) in [5.41, 5.74) is 2.29. The number of methoxy groups -OCH3 is 1. The molecule has 0 aliphatic rings. The van der Waals surface area contributed by atoms with Crippen LogP contribution >= 0.6 is 0 Å². The summed E-state index contributed by atoms with van der Waals surface area (Å²) in [6, 6.07) is 18.2. The van der Waals surface area contributed by atoms with Gasteiger partial charge in [0.25, 0.3) is 0 Å². The Labute approximate surface area is 151 Å². The van der Waals surface area contributed by atoms with Crippen molar-refractivity contribution in [3.8, 4) is 5.69 Å². The first-order valence-corrected chi connectivity index (χ1v) is 8.05. The molecule has 132 valence electrons. The van der Waals surface area contributed by atoms with Crippen molar-refractivity contribution in [1.29, 1.82) is 0 Å². The average molecular weight is 350 g/mol. The van der Waals surface area contributed by atoms with Crippen molar-refractivity contribution in [3.63, 3.8) is 0 Å². The van der Waals surface area contributed by atoms with Crippen LogP contribution in [0.3, 0.4) is 0 Å². The van der Waals surface area contributed by atoms with Crippen LogP contribution in [0.5, 0.6) is 0 Å². The molecule has 1 atom stereocenters. The fraction of sp³-hybridized carbons (Fsp3) is 0.150. The van der Waals surface area contributed by atoms with Crippen LogP contribution in [0.15, 0.2) is 66.9 Å². The summed E-state index contributed by atoms with van der Waals surface area (Å²) in [6.45, 7) is 1.77. The summed E-state index contributed by atoms with van der Waals surface area (Å²) >= 11 is 0. The van der Waals surface area contributed by atoms with Crippen LogP contribution in [0.1, 0.15) is 27.7 Å². The highest BCUT2D eigenvalue weighted by molar-refractivity contribution is 5.92. The van der Waals surface area contributed by atoms with Gasteiger partial charge in [-0.1, -0.05) is 48.5 Å². The zero-order valence-electron chi connectivity index (χ0n) is 14.5. The number of ether oxygens (including phenoxy) is 2. The first-order valence-electron chi connectivity index (χ1n) is 8.05. The number of hydrogen-bond acceptors (Lipinski definition) is 5. The van der Waals surface area contributed by atoms with Crippen molar-refractivity contribution < 1.29 is 19.1 Å². The van der Waals surface area contributed by atoms with E-state index in [0.29, 0.717) is 16.8 Å². The van der Waals surface area contributed by atoms with Gasteiger partial charge in [0.15, 0.2) is 0 Å². The van der Waals surface area contributed by atoms with Crippen LogP contribution < -0.4 is 0 Å². The number of carbonyl (C=O) groups is 2. The zero-order chi connectivity index (χ0) is 18.5. The topological polar surface area (TPSA) is 70.4 Å². The van der Waals surface area contributed by atoms with Gasteiger partial charge in [0.1, 0.15) is 5.56 Å². The molecule has 2 aromatic carbocycles. The second kappa shape index (κ2) is 7.65. The van der Waals surface area contributed by atoms with Gasteiger partial charge in [0.05, 0.1) is 24.7 Å². The fourth-order valence-corrected chi connectivity index (χ4v) is 2.60. The van der Waals surface area contributed by atoms with E-state index in [1.807, 2.05) is 36.4 Å². The lowest BCUT2D eigenvalue weighted by molar-refractivity contribution is -0.151. The molecule has 6 heteroatoms. The molecule has 0 radical (unpaired) electrons. The van der Waals surface area contributed by atoms with E-state index in [2.05, 4.69) is 5.10 Å². The molecule has 0 saturated heterocycles. The van der Waals surface area contributed by atoms with Crippen molar-refractivity contribution in [1.82, 2.24) is 9.78 Å². The summed E-state index contributed by atoms with van der Waals surface area (Å²) < 4.78 is 11.9. The standard InChI is InChI=1S/C20H18N2O4/c1-14-17(13-21-22(14)16-11-7-4-8-12-16)19(23)26-18(20(24)25-2)15-9-5-3-6-10-15/h3-13,18H,1-2H3. The Kier molecular flexibility index (Phi) is 5.12. The van der Waals surface area contributed by atoms with Crippen LogP contribution in [0.2, 0.25) is 0 Å². The first-order chi connectivity index (χ1) is 12.6. The van der Waals surface area contributed by atoms with E-state index in [1.165, 1.54) is 13.3 Å². The van der Waals surface area contributed by atoms with Gasteiger partial charge >= 0.3 is 11.9 Å². The monoisotopic (exact) mass is 350 g/mol. The Morgan fingerprint density at radius 3 is 2.23 bits per heavy atom. The van der Waals surface area contributed by atoms with Gasteiger partial charge < -0.3 is 9.47 Å². The van der Waals surface area contributed by atoms with E-state index in [-0.39, 0.29) is 0 Å². The molecule has 0 spiro atoms. The zero-order valence-corrected chi connectivity index (χ0v) is 14.5. The number of nitrogens with zero attached hydrogens (tertiary/aromatic N) is 2. The smallest absolute Gasteiger partial charge is 0.351 e. The summed E-state index contributed by atoms with van der Waals surface area (Å²) in [4.78, 5) is 24.7. The maximum absolute atomic E-state index is 12.6. The maximum atomic E-state index is 12.6. The average Bonchev–Trinajstić information content (AvgIpc) is 3.08. The third kappa shape index (κ3) is 3.49. The molecule has 0 saturated carbocycles. The van der Waals surface area contributed by atoms with Gasteiger partial charge in [0.2, 0.25) is 6.10 Å². The molecule has 0 amide bonds. The predicted octanol–water partition coefficient (Wildman–Crippen LogP) is 3.25. The molecule has 0 bridgehead atoms. The number of aromatic nitrogens is 2. The number of benzene rings is 2. The highest BCUT2D eigenvalue weighted by Crippen LogP contribution is 2.22. The minimum absolute atomic E-state index is 0.290. The van der Waals surface area contributed by atoms with E-state index in [9.17, 15) is 9.59 Å². The summed E-state index contributed by atoms with van der Waals surface area (Å²) in [7, 11) is 1.25. The van der Waals surface area contributed by atoms with Crippen LogP contribution in [-0.4, -0.2) is 28.8 Å². The van der Waals surface area contributed by atoms with E-state index in [4.69, 9.17) is 9.47 Å². The molecule has 6 nitrogen and oxygen atoms in total. The molecule has 1 heterocycles. The number of carbonyl (C=O) groups excluding carboxylic acids is 2. The van der Waals surface area contributed by atoms with E-state index < -0.39 is 18.0 Å². The van der Waals surface area contributed by atoms with Crippen molar-refractivity contribution in [2.24, 2.45) is 0 Å². The van der Waals surface area contributed by atoms with Crippen LogP contribution in [0.4, 0.5) is 0 Å². The normalized spacial score (nSPS) is 11.6. The summed E-state index contributed by atoms with van der Waals surface area (Å²) in [5.74, 6) is -1.28. The highest BCUT2D eigenvalue weighted by atomic mass is 16.6. The fourth-order valence-electron chi connectivity index (χ4n) is 2.60. The third-order valence-corrected chi connectivity index (χ3v) is 3.97. The van der Waals surface area contributed by atoms with E-state index >= 15 is 0 Å². The predicted molar refractivity (Wildman–Crippen MR) is 94.9 cm³/mol. The van der Waals surface area contributed by atoms with E-state index in [0.717, 1.165) is 5.69 Å². The SMILES string of the molecule is COC(=O)C(OC(=O)c1cnn(-c2ccccc2)c1C)c1ccccc1. The number of para-hydroxylation sites is 1. The lowest BCUT2D eigenvalue weighted by Gasteiger charge is -2.16. The maximum Gasteiger partial charge on any atom is 0.351 e.